The molecule has 28 heavy (non-hydrogen) atoms. The van der Waals surface area contributed by atoms with Crippen molar-refractivity contribution in [2.75, 3.05) is 46.8 Å². The fourth-order valence-electron chi connectivity index (χ4n) is 3.09. The SMILES string of the molecule is CN(C)CC(=O)N1CCN(C(=O)c2ccccc2Oc2cccc(Br)c2)CC1. The number of halogens is 1. The highest BCUT2D eigenvalue weighted by Crippen LogP contribution is 2.28. The van der Waals surface area contributed by atoms with Gasteiger partial charge in [0.15, 0.2) is 0 Å². The number of rotatable bonds is 5. The molecular formula is C21H24BrN3O3. The van der Waals surface area contributed by atoms with E-state index < -0.39 is 0 Å². The number of carbonyl (C=O) groups excluding carboxylic acids is 2. The van der Waals surface area contributed by atoms with Crippen molar-refractivity contribution in [3.63, 3.8) is 0 Å². The van der Waals surface area contributed by atoms with Crippen molar-refractivity contribution in [3.05, 3.63) is 58.6 Å². The minimum absolute atomic E-state index is 0.0784. The number of nitrogens with zero attached hydrogens (tertiary/aromatic N) is 3. The van der Waals surface area contributed by atoms with Crippen LogP contribution in [-0.2, 0) is 4.79 Å². The second kappa shape index (κ2) is 9.21. The zero-order chi connectivity index (χ0) is 20.1. The summed E-state index contributed by atoms with van der Waals surface area (Å²) in [6, 6.07) is 14.8. The predicted octanol–water partition coefficient (Wildman–Crippen LogP) is 3.09. The van der Waals surface area contributed by atoms with Gasteiger partial charge in [0.2, 0.25) is 5.91 Å². The van der Waals surface area contributed by atoms with Crippen LogP contribution in [0.5, 0.6) is 11.5 Å². The maximum Gasteiger partial charge on any atom is 0.257 e. The highest BCUT2D eigenvalue weighted by molar-refractivity contribution is 9.10. The first kappa shape index (κ1) is 20.4. The van der Waals surface area contributed by atoms with Gasteiger partial charge in [-0.3, -0.25) is 9.59 Å². The Kier molecular flexibility index (Phi) is 6.70. The zero-order valence-corrected chi connectivity index (χ0v) is 17.7. The molecule has 1 fully saturated rings. The first-order valence-corrected chi connectivity index (χ1v) is 9.97. The molecule has 148 valence electrons. The number of hydrogen-bond donors (Lipinski definition) is 0. The van der Waals surface area contributed by atoms with E-state index in [1.807, 2.05) is 60.3 Å². The summed E-state index contributed by atoms with van der Waals surface area (Å²) in [5, 5.41) is 0. The lowest BCUT2D eigenvalue weighted by Gasteiger charge is -2.35. The molecular weight excluding hydrogens is 422 g/mol. The number of ether oxygens (including phenoxy) is 1. The monoisotopic (exact) mass is 445 g/mol. The zero-order valence-electron chi connectivity index (χ0n) is 16.1. The molecule has 0 radical (unpaired) electrons. The molecule has 7 heteroatoms. The van der Waals surface area contributed by atoms with Crippen LogP contribution in [0, 0.1) is 0 Å². The third-order valence-electron chi connectivity index (χ3n) is 4.51. The summed E-state index contributed by atoms with van der Waals surface area (Å²) >= 11 is 3.43. The van der Waals surface area contributed by atoms with Gasteiger partial charge in [0, 0.05) is 30.7 Å². The lowest BCUT2D eigenvalue weighted by molar-refractivity contribution is -0.133. The molecule has 3 rings (SSSR count). The number of amides is 2. The molecule has 2 amide bonds. The van der Waals surface area contributed by atoms with Crippen LogP contribution in [0.4, 0.5) is 0 Å². The van der Waals surface area contributed by atoms with E-state index in [-0.39, 0.29) is 11.8 Å². The molecule has 0 spiro atoms. The maximum atomic E-state index is 13.1. The second-order valence-electron chi connectivity index (χ2n) is 6.97. The summed E-state index contributed by atoms with van der Waals surface area (Å²) in [6.07, 6.45) is 0. The Balaban J connectivity index is 1.68. The van der Waals surface area contributed by atoms with Gasteiger partial charge in [-0.05, 0) is 44.4 Å². The molecule has 6 nitrogen and oxygen atoms in total. The first-order valence-electron chi connectivity index (χ1n) is 9.18. The molecule has 0 aromatic heterocycles. The van der Waals surface area contributed by atoms with Gasteiger partial charge >= 0.3 is 0 Å². The summed E-state index contributed by atoms with van der Waals surface area (Å²) in [5.74, 6) is 1.20. The molecule has 0 bridgehead atoms. The van der Waals surface area contributed by atoms with Crippen LogP contribution in [0.15, 0.2) is 53.0 Å². The van der Waals surface area contributed by atoms with E-state index in [4.69, 9.17) is 4.74 Å². The molecule has 0 aliphatic carbocycles. The summed E-state index contributed by atoms with van der Waals surface area (Å²) in [6.45, 7) is 2.52. The molecule has 2 aromatic rings. The van der Waals surface area contributed by atoms with Crippen LogP contribution in [0.1, 0.15) is 10.4 Å². The van der Waals surface area contributed by atoms with Gasteiger partial charge in [0.25, 0.3) is 5.91 Å². The number of benzene rings is 2. The fourth-order valence-corrected chi connectivity index (χ4v) is 3.47. The Hall–Kier alpha value is -2.38. The van der Waals surface area contributed by atoms with Crippen molar-refractivity contribution in [2.45, 2.75) is 0 Å². The molecule has 1 aliphatic rings. The van der Waals surface area contributed by atoms with Crippen LogP contribution >= 0.6 is 15.9 Å². The van der Waals surface area contributed by atoms with Crippen molar-refractivity contribution < 1.29 is 14.3 Å². The standard InChI is InChI=1S/C21H24BrN3O3/c1-23(2)15-20(26)24-10-12-25(13-11-24)21(27)18-8-3-4-9-19(18)28-17-7-5-6-16(22)14-17/h3-9,14H,10-13,15H2,1-2H3. The number of para-hydroxylation sites is 1. The van der Waals surface area contributed by atoms with Gasteiger partial charge in [-0.1, -0.05) is 34.1 Å². The summed E-state index contributed by atoms with van der Waals surface area (Å²) in [7, 11) is 3.75. The van der Waals surface area contributed by atoms with Crippen LogP contribution in [0.25, 0.3) is 0 Å². The van der Waals surface area contributed by atoms with E-state index in [2.05, 4.69) is 15.9 Å². The van der Waals surface area contributed by atoms with Crippen LogP contribution in [0.2, 0.25) is 0 Å². The first-order chi connectivity index (χ1) is 13.4. The average Bonchev–Trinajstić information content (AvgIpc) is 2.67. The third kappa shape index (κ3) is 5.11. The number of carbonyl (C=O) groups is 2. The van der Waals surface area contributed by atoms with Gasteiger partial charge in [-0.2, -0.15) is 0 Å². The molecule has 1 aliphatic heterocycles. The van der Waals surface area contributed by atoms with Gasteiger partial charge in [-0.25, -0.2) is 0 Å². The second-order valence-corrected chi connectivity index (χ2v) is 7.88. The van der Waals surface area contributed by atoms with Gasteiger partial charge in [0.1, 0.15) is 11.5 Å². The fraction of sp³-hybridized carbons (Fsp3) is 0.333. The Morgan fingerprint density at radius 3 is 2.36 bits per heavy atom. The Morgan fingerprint density at radius 2 is 1.68 bits per heavy atom. The van der Waals surface area contributed by atoms with Gasteiger partial charge in [0.05, 0.1) is 12.1 Å². The minimum atomic E-state index is -0.0784. The molecule has 0 atom stereocenters. The smallest absolute Gasteiger partial charge is 0.257 e. The highest BCUT2D eigenvalue weighted by Gasteiger charge is 2.26. The van der Waals surface area contributed by atoms with Crippen LogP contribution in [0.3, 0.4) is 0 Å². The minimum Gasteiger partial charge on any atom is -0.456 e. The Bertz CT molecular complexity index is 848. The molecule has 1 saturated heterocycles. The Morgan fingerprint density at radius 1 is 1.00 bits per heavy atom. The molecule has 2 aromatic carbocycles. The van der Waals surface area contributed by atoms with E-state index in [9.17, 15) is 9.59 Å². The third-order valence-corrected chi connectivity index (χ3v) is 5.01. The quantitative estimate of drug-likeness (QED) is 0.709. The number of likely N-dealkylation sites (N-methyl/N-ethyl adjacent to an activating group) is 1. The van der Waals surface area contributed by atoms with E-state index in [0.717, 1.165) is 4.47 Å². The van der Waals surface area contributed by atoms with Crippen molar-refractivity contribution in [2.24, 2.45) is 0 Å². The van der Waals surface area contributed by atoms with Crippen molar-refractivity contribution >= 4 is 27.7 Å². The molecule has 0 saturated carbocycles. The normalized spacial score (nSPS) is 14.3. The summed E-state index contributed by atoms with van der Waals surface area (Å²) in [5.41, 5.74) is 0.524. The largest absolute Gasteiger partial charge is 0.456 e. The molecule has 0 N–H and O–H groups in total. The van der Waals surface area contributed by atoms with E-state index in [1.54, 1.807) is 17.0 Å². The van der Waals surface area contributed by atoms with Crippen molar-refractivity contribution in [3.8, 4) is 11.5 Å². The van der Waals surface area contributed by atoms with Crippen LogP contribution < -0.4 is 4.74 Å². The van der Waals surface area contributed by atoms with E-state index >= 15 is 0 Å². The van der Waals surface area contributed by atoms with E-state index in [0.29, 0.717) is 49.8 Å². The topological polar surface area (TPSA) is 53.1 Å². The lowest BCUT2D eigenvalue weighted by Crippen LogP contribution is -2.52. The maximum absolute atomic E-state index is 13.1. The summed E-state index contributed by atoms with van der Waals surface area (Å²) in [4.78, 5) is 30.7. The highest BCUT2D eigenvalue weighted by atomic mass is 79.9. The van der Waals surface area contributed by atoms with Gasteiger partial charge in [-0.15, -0.1) is 0 Å². The van der Waals surface area contributed by atoms with Crippen molar-refractivity contribution in [1.29, 1.82) is 0 Å². The summed E-state index contributed by atoms with van der Waals surface area (Å²) < 4.78 is 6.87. The predicted molar refractivity (Wildman–Crippen MR) is 112 cm³/mol. The van der Waals surface area contributed by atoms with E-state index in [1.165, 1.54) is 0 Å². The molecule has 1 heterocycles. The number of hydrogen-bond acceptors (Lipinski definition) is 4. The van der Waals surface area contributed by atoms with Crippen LogP contribution in [-0.4, -0.2) is 73.3 Å². The number of piperazine rings is 1. The van der Waals surface area contributed by atoms with Gasteiger partial charge < -0.3 is 19.4 Å². The molecule has 0 unspecified atom stereocenters. The van der Waals surface area contributed by atoms with Crippen molar-refractivity contribution in [1.82, 2.24) is 14.7 Å². The average molecular weight is 446 g/mol. The Labute approximate surface area is 173 Å². The lowest BCUT2D eigenvalue weighted by atomic mass is 10.1.